The second-order valence-corrected chi connectivity index (χ2v) is 4.56. The van der Waals surface area contributed by atoms with Gasteiger partial charge in [0.15, 0.2) is 0 Å². The van der Waals surface area contributed by atoms with Crippen LogP contribution in [0.5, 0.6) is 0 Å². The number of aromatic carboxylic acids is 1. The number of carbonyl (C=O) groups excluding carboxylic acids is 1. The molecule has 2 aromatic carbocycles. The minimum Gasteiger partial charge on any atom is -0.478 e. The summed E-state index contributed by atoms with van der Waals surface area (Å²) >= 11 is 0. The molecule has 20 heavy (non-hydrogen) atoms. The predicted molar refractivity (Wildman–Crippen MR) is 77.9 cm³/mol. The molecule has 0 atom stereocenters. The summed E-state index contributed by atoms with van der Waals surface area (Å²) in [5.74, 6) is -1.25. The number of nitrogens with one attached hydrogen (secondary N) is 1. The molecule has 0 spiro atoms. The van der Waals surface area contributed by atoms with Gasteiger partial charge in [-0.15, -0.1) is 0 Å². The fourth-order valence-corrected chi connectivity index (χ4v) is 2.08. The van der Waals surface area contributed by atoms with Crippen LogP contribution in [0.15, 0.2) is 42.5 Å². The van der Waals surface area contributed by atoms with Crippen molar-refractivity contribution in [3.05, 3.63) is 53.6 Å². The topological polar surface area (TPSA) is 66.4 Å². The van der Waals surface area contributed by atoms with Crippen molar-refractivity contribution in [2.45, 2.75) is 13.8 Å². The fourth-order valence-electron chi connectivity index (χ4n) is 2.08. The third-order valence-corrected chi connectivity index (χ3v) is 3.01. The zero-order valence-corrected chi connectivity index (χ0v) is 11.3. The van der Waals surface area contributed by atoms with Gasteiger partial charge < -0.3 is 10.4 Å². The third kappa shape index (κ3) is 2.85. The predicted octanol–water partition coefficient (Wildman–Crippen LogP) is 3.32. The van der Waals surface area contributed by atoms with Crippen LogP contribution in [0.2, 0.25) is 0 Å². The molecule has 0 saturated heterocycles. The number of aryl methyl sites for hydroxylation is 1. The molecule has 0 heterocycles. The van der Waals surface area contributed by atoms with Crippen LogP contribution in [0.25, 0.3) is 11.1 Å². The van der Waals surface area contributed by atoms with E-state index in [2.05, 4.69) is 5.32 Å². The van der Waals surface area contributed by atoms with Gasteiger partial charge in [-0.05, 0) is 30.2 Å². The molecule has 2 aromatic rings. The second kappa shape index (κ2) is 5.57. The molecular formula is C16H15NO3. The lowest BCUT2D eigenvalue weighted by Crippen LogP contribution is -2.08. The Balaban J connectivity index is 2.60. The van der Waals surface area contributed by atoms with E-state index in [-0.39, 0.29) is 11.5 Å². The molecule has 1 amide bonds. The average molecular weight is 269 g/mol. The summed E-state index contributed by atoms with van der Waals surface area (Å²) in [4.78, 5) is 22.3. The second-order valence-electron chi connectivity index (χ2n) is 4.56. The van der Waals surface area contributed by atoms with E-state index in [1.165, 1.54) is 19.1 Å². The maximum atomic E-state index is 11.3. The Bertz CT molecular complexity index is 677. The van der Waals surface area contributed by atoms with E-state index >= 15 is 0 Å². The van der Waals surface area contributed by atoms with Crippen LogP contribution >= 0.6 is 0 Å². The summed E-state index contributed by atoms with van der Waals surface area (Å²) in [5, 5.41) is 11.7. The summed E-state index contributed by atoms with van der Waals surface area (Å²) in [6, 6.07) is 12.5. The van der Waals surface area contributed by atoms with E-state index < -0.39 is 5.97 Å². The van der Waals surface area contributed by atoms with Crippen LogP contribution in [0.3, 0.4) is 0 Å². The van der Waals surface area contributed by atoms with Crippen molar-refractivity contribution in [1.82, 2.24) is 0 Å². The lowest BCUT2D eigenvalue weighted by Gasteiger charge is -2.13. The molecule has 0 aromatic heterocycles. The summed E-state index contributed by atoms with van der Waals surface area (Å²) in [7, 11) is 0. The maximum Gasteiger partial charge on any atom is 0.335 e. The normalized spacial score (nSPS) is 10.1. The number of carbonyl (C=O) groups is 2. The molecule has 102 valence electrons. The number of rotatable bonds is 3. The van der Waals surface area contributed by atoms with E-state index in [1.54, 1.807) is 6.07 Å². The van der Waals surface area contributed by atoms with Gasteiger partial charge in [-0.2, -0.15) is 0 Å². The van der Waals surface area contributed by atoms with Gasteiger partial charge in [0.2, 0.25) is 5.91 Å². The molecule has 0 aliphatic rings. The van der Waals surface area contributed by atoms with Crippen LogP contribution in [0.1, 0.15) is 22.8 Å². The smallest absolute Gasteiger partial charge is 0.335 e. The molecule has 0 fully saturated rings. The zero-order valence-electron chi connectivity index (χ0n) is 11.3. The van der Waals surface area contributed by atoms with Gasteiger partial charge in [-0.1, -0.05) is 30.3 Å². The van der Waals surface area contributed by atoms with E-state index in [9.17, 15) is 9.59 Å². The number of hydrogen-bond donors (Lipinski definition) is 2. The van der Waals surface area contributed by atoms with Gasteiger partial charge in [-0.25, -0.2) is 4.79 Å². The lowest BCUT2D eigenvalue weighted by atomic mass is 9.97. The Morgan fingerprint density at radius 2 is 1.75 bits per heavy atom. The number of hydrogen-bond acceptors (Lipinski definition) is 2. The molecule has 4 heteroatoms. The number of benzene rings is 2. The summed E-state index contributed by atoms with van der Waals surface area (Å²) < 4.78 is 0. The van der Waals surface area contributed by atoms with Gasteiger partial charge in [0, 0.05) is 18.2 Å². The number of amides is 1. The zero-order chi connectivity index (χ0) is 14.7. The molecule has 0 bridgehead atoms. The van der Waals surface area contributed by atoms with Crippen molar-refractivity contribution in [1.29, 1.82) is 0 Å². The Hall–Kier alpha value is -2.62. The Labute approximate surface area is 117 Å². The summed E-state index contributed by atoms with van der Waals surface area (Å²) in [6.45, 7) is 3.37. The quantitative estimate of drug-likeness (QED) is 0.898. The first-order valence-electron chi connectivity index (χ1n) is 6.20. The van der Waals surface area contributed by atoms with E-state index in [0.29, 0.717) is 5.69 Å². The van der Waals surface area contributed by atoms with Crippen molar-refractivity contribution in [2.75, 3.05) is 5.32 Å². The third-order valence-electron chi connectivity index (χ3n) is 3.01. The summed E-state index contributed by atoms with van der Waals surface area (Å²) in [5.41, 5.74) is 3.48. The highest BCUT2D eigenvalue weighted by Crippen LogP contribution is 2.31. The number of carboxylic acid groups (broad SMARTS) is 1. The highest BCUT2D eigenvalue weighted by atomic mass is 16.4. The van der Waals surface area contributed by atoms with E-state index in [0.717, 1.165) is 16.7 Å². The highest BCUT2D eigenvalue weighted by Gasteiger charge is 2.12. The van der Waals surface area contributed by atoms with Gasteiger partial charge >= 0.3 is 5.97 Å². The summed E-state index contributed by atoms with van der Waals surface area (Å²) in [6.07, 6.45) is 0. The van der Waals surface area contributed by atoms with Crippen LogP contribution in [0, 0.1) is 6.92 Å². The van der Waals surface area contributed by atoms with E-state index in [4.69, 9.17) is 5.11 Å². The van der Waals surface area contributed by atoms with Crippen molar-refractivity contribution < 1.29 is 14.7 Å². The van der Waals surface area contributed by atoms with Crippen LogP contribution in [0.4, 0.5) is 5.69 Å². The minimum atomic E-state index is -1.02. The molecule has 0 unspecified atom stereocenters. The highest BCUT2D eigenvalue weighted by molar-refractivity contribution is 5.98. The van der Waals surface area contributed by atoms with Crippen LogP contribution < -0.4 is 5.32 Å². The van der Waals surface area contributed by atoms with Crippen LogP contribution in [-0.4, -0.2) is 17.0 Å². The molecular weight excluding hydrogens is 254 g/mol. The Kier molecular flexibility index (Phi) is 3.84. The lowest BCUT2D eigenvalue weighted by molar-refractivity contribution is -0.114. The first kappa shape index (κ1) is 13.8. The Morgan fingerprint density at radius 1 is 1.05 bits per heavy atom. The van der Waals surface area contributed by atoms with Crippen molar-refractivity contribution in [3.8, 4) is 11.1 Å². The monoisotopic (exact) mass is 269 g/mol. The molecule has 2 N–H and O–H groups in total. The first-order valence-corrected chi connectivity index (χ1v) is 6.20. The molecule has 2 rings (SSSR count). The SMILES string of the molecule is CC(=O)Nc1cc(C(=O)O)ccc1-c1ccccc1C. The molecule has 0 aliphatic carbocycles. The van der Waals surface area contributed by atoms with Crippen LogP contribution in [-0.2, 0) is 4.79 Å². The van der Waals surface area contributed by atoms with Crippen molar-refractivity contribution >= 4 is 17.6 Å². The average Bonchev–Trinajstić information content (AvgIpc) is 2.39. The Morgan fingerprint density at radius 3 is 2.35 bits per heavy atom. The fraction of sp³-hybridized carbons (Fsp3) is 0.125. The van der Waals surface area contributed by atoms with Gasteiger partial charge in [-0.3, -0.25) is 4.79 Å². The standard InChI is InChI=1S/C16H15NO3/c1-10-5-3-4-6-13(10)14-8-7-12(16(19)20)9-15(14)17-11(2)18/h3-9H,1-2H3,(H,17,18)(H,19,20). The van der Waals surface area contributed by atoms with Crippen molar-refractivity contribution in [2.24, 2.45) is 0 Å². The first-order chi connectivity index (χ1) is 9.49. The van der Waals surface area contributed by atoms with E-state index in [1.807, 2.05) is 31.2 Å². The van der Waals surface area contributed by atoms with Gasteiger partial charge in [0.1, 0.15) is 0 Å². The largest absolute Gasteiger partial charge is 0.478 e. The van der Waals surface area contributed by atoms with Gasteiger partial charge in [0.05, 0.1) is 5.56 Å². The minimum absolute atomic E-state index is 0.145. The molecule has 4 nitrogen and oxygen atoms in total. The van der Waals surface area contributed by atoms with Crippen molar-refractivity contribution in [3.63, 3.8) is 0 Å². The molecule has 0 aliphatic heterocycles. The molecule has 0 radical (unpaired) electrons. The maximum absolute atomic E-state index is 11.3. The number of anilines is 1. The van der Waals surface area contributed by atoms with Gasteiger partial charge in [0.25, 0.3) is 0 Å². The molecule has 0 saturated carbocycles. The number of carboxylic acids is 1.